The van der Waals surface area contributed by atoms with Crippen molar-refractivity contribution in [1.29, 1.82) is 0 Å². The van der Waals surface area contributed by atoms with Crippen molar-refractivity contribution in [2.45, 2.75) is 32.5 Å². The van der Waals surface area contributed by atoms with E-state index >= 15 is 0 Å². The van der Waals surface area contributed by atoms with Gasteiger partial charge in [0.05, 0.1) is 13.1 Å². The van der Waals surface area contributed by atoms with Crippen molar-refractivity contribution in [2.24, 2.45) is 5.73 Å². The van der Waals surface area contributed by atoms with Crippen LogP contribution in [0, 0.1) is 5.82 Å². The number of amides is 1. The monoisotopic (exact) mass is 479 g/mol. The molecule has 1 atom stereocenters. The van der Waals surface area contributed by atoms with Crippen LogP contribution in [0.25, 0.3) is 0 Å². The van der Waals surface area contributed by atoms with Crippen LogP contribution in [-0.2, 0) is 24.3 Å². The number of hydrogen-bond donors (Lipinski definition) is 2. The van der Waals surface area contributed by atoms with Crippen LogP contribution < -0.4 is 22.7 Å². The number of carbonyl (C=O) groups is 2. The maximum absolute atomic E-state index is 13.4. The summed E-state index contributed by atoms with van der Waals surface area (Å²) in [5.74, 6) is -1.93. The largest absolute Gasteiger partial charge is 0.384 e. The number of rotatable bonds is 7. The Hall–Kier alpha value is -4.05. The number of Topliss-reactive ketones (excluding diaryl/α,β-unsaturated/α-hetero) is 1. The first-order valence-electron chi connectivity index (χ1n) is 11.2. The number of nitrogens with zero attached hydrogens (tertiary/aromatic N) is 3. The van der Waals surface area contributed by atoms with Crippen molar-refractivity contribution in [3.05, 3.63) is 97.4 Å². The molecule has 10 heteroatoms. The Bertz CT molecular complexity index is 1410. The zero-order valence-corrected chi connectivity index (χ0v) is 19.2. The molecule has 1 aromatic heterocycles. The fourth-order valence-corrected chi connectivity index (χ4v) is 4.57. The number of anilines is 1. The topological polar surface area (TPSA) is 133 Å². The minimum Gasteiger partial charge on any atom is -0.384 e. The van der Waals surface area contributed by atoms with Crippen molar-refractivity contribution in [1.82, 2.24) is 14.0 Å². The van der Waals surface area contributed by atoms with E-state index in [1.807, 2.05) is 12.1 Å². The third-order valence-electron chi connectivity index (χ3n) is 6.32. The van der Waals surface area contributed by atoms with Crippen molar-refractivity contribution in [3.63, 3.8) is 0 Å². The Labute approximate surface area is 200 Å². The van der Waals surface area contributed by atoms with Gasteiger partial charge >= 0.3 is 5.69 Å². The molecule has 1 amide bonds. The first kappa shape index (κ1) is 24.1. The van der Waals surface area contributed by atoms with Gasteiger partial charge in [0.1, 0.15) is 23.2 Å². The number of nitrogens with two attached hydrogens (primary N) is 2. The van der Waals surface area contributed by atoms with Crippen LogP contribution in [0.1, 0.15) is 40.0 Å². The van der Waals surface area contributed by atoms with E-state index in [9.17, 15) is 23.6 Å². The van der Waals surface area contributed by atoms with Crippen molar-refractivity contribution in [3.8, 4) is 0 Å². The summed E-state index contributed by atoms with van der Waals surface area (Å²) >= 11 is 0. The van der Waals surface area contributed by atoms with Gasteiger partial charge in [-0.05, 0) is 42.2 Å². The lowest BCUT2D eigenvalue weighted by molar-refractivity contribution is -0.123. The van der Waals surface area contributed by atoms with Gasteiger partial charge in [0.2, 0.25) is 5.91 Å². The van der Waals surface area contributed by atoms with Gasteiger partial charge in [-0.3, -0.25) is 28.4 Å². The first-order chi connectivity index (χ1) is 16.7. The van der Waals surface area contributed by atoms with Crippen LogP contribution in [0.4, 0.5) is 10.2 Å². The molecule has 4 rings (SSSR count). The second-order valence-corrected chi connectivity index (χ2v) is 8.45. The third-order valence-corrected chi connectivity index (χ3v) is 6.32. The van der Waals surface area contributed by atoms with Gasteiger partial charge in [0.15, 0.2) is 5.78 Å². The van der Waals surface area contributed by atoms with Crippen LogP contribution >= 0.6 is 0 Å². The number of fused-ring (bicyclic) bond motifs is 1. The number of hydrogen-bond acceptors (Lipinski definition) is 6. The standard InChI is InChI=1S/C25H26FN5O4/c1-2-30-24(34)20(22(27)31(25(30)35)13-15-7-9-17(26)10-8-15)19(32)14-29-12-11-16-5-3-4-6-18(16)21(29)23(28)33/h3-10,21H,2,11-14,27H2,1H3,(H2,28,33). The lowest BCUT2D eigenvalue weighted by Crippen LogP contribution is -2.48. The molecule has 1 aliphatic rings. The molecule has 0 radical (unpaired) electrons. The normalized spacial score (nSPS) is 15.5. The molecule has 4 N–H and O–H groups in total. The third kappa shape index (κ3) is 4.52. The van der Waals surface area contributed by atoms with Crippen molar-refractivity contribution in [2.75, 3.05) is 18.8 Å². The number of halogens is 1. The number of primary amides is 1. The van der Waals surface area contributed by atoms with Gasteiger partial charge < -0.3 is 11.5 Å². The molecule has 0 fully saturated rings. The molecule has 1 aliphatic heterocycles. The van der Waals surface area contributed by atoms with Gasteiger partial charge in [-0.1, -0.05) is 36.4 Å². The molecule has 1 unspecified atom stereocenters. The van der Waals surface area contributed by atoms with Crippen LogP contribution in [-0.4, -0.2) is 38.8 Å². The molecular weight excluding hydrogens is 453 g/mol. The van der Waals surface area contributed by atoms with Crippen LogP contribution in [0.3, 0.4) is 0 Å². The van der Waals surface area contributed by atoms with Gasteiger partial charge in [0, 0.05) is 13.1 Å². The number of benzene rings is 2. The minimum absolute atomic E-state index is 0.0304. The number of aromatic nitrogens is 2. The van der Waals surface area contributed by atoms with E-state index in [1.54, 1.807) is 24.0 Å². The zero-order chi connectivity index (χ0) is 25.3. The van der Waals surface area contributed by atoms with E-state index in [1.165, 1.54) is 24.3 Å². The molecule has 9 nitrogen and oxygen atoms in total. The zero-order valence-electron chi connectivity index (χ0n) is 19.2. The van der Waals surface area contributed by atoms with Crippen LogP contribution in [0.2, 0.25) is 0 Å². The maximum Gasteiger partial charge on any atom is 0.332 e. The number of ketones is 1. The highest BCUT2D eigenvalue weighted by atomic mass is 19.1. The second-order valence-electron chi connectivity index (χ2n) is 8.45. The Morgan fingerprint density at radius 3 is 2.40 bits per heavy atom. The molecule has 35 heavy (non-hydrogen) atoms. The molecule has 0 spiro atoms. The summed E-state index contributed by atoms with van der Waals surface area (Å²) in [4.78, 5) is 53.4. The van der Waals surface area contributed by atoms with Crippen molar-refractivity contribution >= 4 is 17.5 Å². The summed E-state index contributed by atoms with van der Waals surface area (Å²) < 4.78 is 15.4. The highest BCUT2D eigenvalue weighted by molar-refractivity contribution is 6.01. The quantitative estimate of drug-likeness (QED) is 0.487. The average molecular weight is 480 g/mol. The second kappa shape index (κ2) is 9.67. The molecular formula is C25H26FN5O4. The molecule has 0 aliphatic carbocycles. The molecule has 3 aromatic rings. The predicted molar refractivity (Wildman–Crippen MR) is 129 cm³/mol. The Balaban J connectivity index is 1.73. The first-order valence-corrected chi connectivity index (χ1v) is 11.2. The number of nitrogen functional groups attached to an aromatic ring is 1. The number of carbonyl (C=O) groups excluding carboxylic acids is 2. The molecule has 0 saturated heterocycles. The smallest absolute Gasteiger partial charge is 0.332 e. The van der Waals surface area contributed by atoms with E-state index < -0.39 is 34.8 Å². The molecule has 0 bridgehead atoms. The summed E-state index contributed by atoms with van der Waals surface area (Å²) in [5, 5.41) is 0. The Kier molecular flexibility index (Phi) is 6.65. The van der Waals surface area contributed by atoms with Gasteiger partial charge in [-0.15, -0.1) is 0 Å². The van der Waals surface area contributed by atoms with Gasteiger partial charge in [-0.25, -0.2) is 9.18 Å². The predicted octanol–water partition coefficient (Wildman–Crippen LogP) is 1.07. The summed E-state index contributed by atoms with van der Waals surface area (Å²) in [7, 11) is 0. The van der Waals surface area contributed by atoms with E-state index in [0.29, 0.717) is 18.5 Å². The Morgan fingerprint density at radius 2 is 1.74 bits per heavy atom. The summed E-state index contributed by atoms with van der Waals surface area (Å²) in [6.45, 7) is 1.70. The highest BCUT2D eigenvalue weighted by Crippen LogP contribution is 2.29. The van der Waals surface area contributed by atoms with E-state index in [-0.39, 0.29) is 31.0 Å². The Morgan fingerprint density at radius 1 is 1.06 bits per heavy atom. The fraction of sp³-hybridized carbons (Fsp3) is 0.280. The maximum atomic E-state index is 13.4. The lowest BCUT2D eigenvalue weighted by atomic mass is 9.91. The summed E-state index contributed by atoms with van der Waals surface area (Å²) in [5.41, 5.74) is 12.4. The van der Waals surface area contributed by atoms with Crippen molar-refractivity contribution < 1.29 is 14.0 Å². The molecule has 2 heterocycles. The summed E-state index contributed by atoms with van der Waals surface area (Å²) in [6.07, 6.45) is 0.603. The lowest BCUT2D eigenvalue weighted by Gasteiger charge is -2.34. The molecule has 0 saturated carbocycles. The average Bonchev–Trinajstić information content (AvgIpc) is 2.83. The van der Waals surface area contributed by atoms with Gasteiger partial charge in [-0.2, -0.15) is 0 Å². The molecule has 182 valence electrons. The van der Waals surface area contributed by atoms with E-state index in [0.717, 1.165) is 20.3 Å². The van der Waals surface area contributed by atoms with Gasteiger partial charge in [0.25, 0.3) is 5.56 Å². The van der Waals surface area contributed by atoms with Crippen LogP contribution in [0.15, 0.2) is 58.1 Å². The van der Waals surface area contributed by atoms with Crippen LogP contribution in [0.5, 0.6) is 0 Å². The van der Waals surface area contributed by atoms with E-state index in [2.05, 4.69) is 0 Å². The highest BCUT2D eigenvalue weighted by Gasteiger charge is 2.34. The SMILES string of the molecule is CCn1c(=O)c(C(=O)CN2CCc3ccccc3C2C(N)=O)c(N)n(Cc2ccc(F)cc2)c1=O. The molecule has 2 aromatic carbocycles. The van der Waals surface area contributed by atoms with E-state index in [4.69, 9.17) is 11.5 Å². The fourth-order valence-electron chi connectivity index (χ4n) is 4.57. The summed E-state index contributed by atoms with van der Waals surface area (Å²) in [6, 6.07) is 12.0. The minimum atomic E-state index is -0.830.